The summed E-state index contributed by atoms with van der Waals surface area (Å²) in [5.74, 6) is -0.313. The Hall–Kier alpha value is -1.88. The van der Waals surface area contributed by atoms with Gasteiger partial charge in [0, 0.05) is 19.5 Å². The van der Waals surface area contributed by atoms with Crippen molar-refractivity contribution >= 4 is 11.6 Å². The van der Waals surface area contributed by atoms with E-state index in [0.29, 0.717) is 19.5 Å². The second-order valence-electron chi connectivity index (χ2n) is 4.35. The first-order valence-corrected chi connectivity index (χ1v) is 5.87. The molecular formula is C13H17N3O2. The minimum atomic E-state index is -0.313. The van der Waals surface area contributed by atoms with Gasteiger partial charge in [-0.3, -0.25) is 9.69 Å². The van der Waals surface area contributed by atoms with E-state index >= 15 is 0 Å². The van der Waals surface area contributed by atoms with Gasteiger partial charge in [0.05, 0.1) is 11.8 Å². The van der Waals surface area contributed by atoms with Gasteiger partial charge in [0.2, 0.25) is 5.91 Å². The largest absolute Gasteiger partial charge is 0.399 e. The molecule has 1 fully saturated rings. The zero-order chi connectivity index (χ0) is 13.0. The van der Waals surface area contributed by atoms with Gasteiger partial charge in [-0.15, -0.1) is 0 Å². The molecule has 1 unspecified atom stereocenters. The van der Waals surface area contributed by atoms with Crippen LogP contribution in [0.15, 0.2) is 35.5 Å². The lowest BCUT2D eigenvalue weighted by Crippen LogP contribution is -2.39. The lowest BCUT2D eigenvalue weighted by molar-refractivity contribution is -0.122. The fourth-order valence-corrected chi connectivity index (χ4v) is 2.22. The van der Waals surface area contributed by atoms with Crippen LogP contribution in [0, 0.1) is 0 Å². The molecule has 1 atom stereocenters. The Bertz CT molecular complexity index is 445. The molecule has 0 aromatic heterocycles. The van der Waals surface area contributed by atoms with E-state index < -0.39 is 0 Å². The lowest BCUT2D eigenvalue weighted by Gasteiger charge is -2.20. The second-order valence-corrected chi connectivity index (χ2v) is 4.35. The first-order valence-electron chi connectivity index (χ1n) is 5.87. The van der Waals surface area contributed by atoms with E-state index in [4.69, 9.17) is 10.6 Å². The summed E-state index contributed by atoms with van der Waals surface area (Å²) in [6, 6.07) is 9.70. The summed E-state index contributed by atoms with van der Waals surface area (Å²) in [6.07, 6.45) is 0.552. The smallest absolute Gasteiger partial charge is 0.235 e. The maximum atomic E-state index is 11.4. The first kappa shape index (κ1) is 12.6. The predicted octanol–water partition coefficient (Wildman–Crippen LogP) is 0.749. The number of nitrogens with two attached hydrogens (primary N) is 1. The van der Waals surface area contributed by atoms with Gasteiger partial charge < -0.3 is 10.6 Å². The average molecular weight is 247 g/mol. The molecule has 2 rings (SSSR count). The first-order chi connectivity index (χ1) is 8.70. The highest BCUT2D eigenvalue weighted by Crippen LogP contribution is 2.18. The van der Waals surface area contributed by atoms with E-state index in [1.54, 1.807) is 0 Å². The van der Waals surface area contributed by atoms with Gasteiger partial charge >= 0.3 is 0 Å². The zero-order valence-corrected chi connectivity index (χ0v) is 10.4. The number of oxime groups is 1. The van der Waals surface area contributed by atoms with Gasteiger partial charge in [-0.05, 0) is 5.56 Å². The molecule has 0 spiro atoms. The highest BCUT2D eigenvalue weighted by atomic mass is 16.6. The van der Waals surface area contributed by atoms with Gasteiger partial charge in [0.25, 0.3) is 0 Å². The van der Waals surface area contributed by atoms with Crippen molar-refractivity contribution in [2.75, 3.05) is 13.7 Å². The Morgan fingerprint density at radius 3 is 2.83 bits per heavy atom. The van der Waals surface area contributed by atoms with Crippen molar-refractivity contribution in [3.8, 4) is 0 Å². The van der Waals surface area contributed by atoms with Crippen molar-refractivity contribution in [1.82, 2.24) is 4.90 Å². The van der Waals surface area contributed by atoms with E-state index in [2.05, 4.69) is 5.16 Å². The number of likely N-dealkylation sites (tertiary alicyclic amines) is 1. The summed E-state index contributed by atoms with van der Waals surface area (Å²) in [6.45, 7) is 1.31. The fourth-order valence-electron chi connectivity index (χ4n) is 2.22. The molecule has 0 saturated carbocycles. The lowest BCUT2D eigenvalue weighted by atomic mass is 10.1. The Morgan fingerprint density at radius 2 is 2.22 bits per heavy atom. The summed E-state index contributed by atoms with van der Waals surface area (Å²) in [7, 11) is 1.51. The molecule has 5 heteroatoms. The molecule has 0 bridgehead atoms. The van der Waals surface area contributed by atoms with Crippen LogP contribution < -0.4 is 5.73 Å². The SMILES string of the molecule is CON=C1CC(C(N)=O)N(Cc2ccccc2)C1. The number of benzene rings is 1. The number of primary amides is 1. The van der Waals surface area contributed by atoms with Crippen LogP contribution in [0.5, 0.6) is 0 Å². The van der Waals surface area contributed by atoms with E-state index in [1.165, 1.54) is 7.11 Å². The van der Waals surface area contributed by atoms with Crippen LogP contribution >= 0.6 is 0 Å². The zero-order valence-electron chi connectivity index (χ0n) is 10.4. The maximum absolute atomic E-state index is 11.4. The number of amides is 1. The number of carbonyl (C=O) groups excluding carboxylic acids is 1. The Morgan fingerprint density at radius 1 is 1.50 bits per heavy atom. The molecule has 2 N–H and O–H groups in total. The molecule has 96 valence electrons. The topological polar surface area (TPSA) is 67.9 Å². The van der Waals surface area contributed by atoms with Crippen LogP contribution in [0.3, 0.4) is 0 Å². The van der Waals surface area contributed by atoms with Gasteiger partial charge in [0.15, 0.2) is 0 Å². The molecule has 5 nitrogen and oxygen atoms in total. The summed E-state index contributed by atoms with van der Waals surface area (Å²) >= 11 is 0. The highest BCUT2D eigenvalue weighted by Gasteiger charge is 2.33. The third kappa shape index (κ3) is 2.87. The number of hydrogen-bond acceptors (Lipinski definition) is 4. The molecule has 1 amide bonds. The Kier molecular flexibility index (Phi) is 3.94. The molecule has 0 radical (unpaired) electrons. The van der Waals surface area contributed by atoms with Crippen molar-refractivity contribution in [3.63, 3.8) is 0 Å². The summed E-state index contributed by atoms with van der Waals surface area (Å²) in [4.78, 5) is 18.2. The minimum absolute atomic E-state index is 0.292. The standard InChI is InChI=1S/C13H17N3O2/c1-18-15-11-7-12(13(14)17)16(9-11)8-10-5-3-2-4-6-10/h2-6,12H,7-9H2,1H3,(H2,14,17). The molecule has 1 aromatic rings. The van der Waals surface area contributed by atoms with Crippen molar-refractivity contribution in [3.05, 3.63) is 35.9 Å². The number of hydrogen-bond donors (Lipinski definition) is 1. The van der Waals surface area contributed by atoms with Gasteiger partial charge in [-0.1, -0.05) is 35.5 Å². The normalized spacial score (nSPS) is 22.3. The van der Waals surface area contributed by atoms with Crippen LogP contribution in [0.4, 0.5) is 0 Å². The van der Waals surface area contributed by atoms with Crippen LogP contribution in [-0.2, 0) is 16.2 Å². The molecule has 1 aromatic carbocycles. The number of nitrogens with zero attached hydrogens (tertiary/aromatic N) is 2. The Balaban J connectivity index is 2.10. The van der Waals surface area contributed by atoms with Crippen molar-refractivity contribution in [2.24, 2.45) is 10.9 Å². The highest BCUT2D eigenvalue weighted by molar-refractivity contribution is 5.95. The van der Waals surface area contributed by atoms with Crippen molar-refractivity contribution in [1.29, 1.82) is 0 Å². The van der Waals surface area contributed by atoms with Crippen LogP contribution in [0.1, 0.15) is 12.0 Å². The van der Waals surface area contributed by atoms with E-state index in [1.807, 2.05) is 35.2 Å². The van der Waals surface area contributed by atoms with Crippen LogP contribution in [-0.4, -0.2) is 36.2 Å². The maximum Gasteiger partial charge on any atom is 0.235 e. The molecule has 1 saturated heterocycles. The molecule has 18 heavy (non-hydrogen) atoms. The van der Waals surface area contributed by atoms with E-state index in [9.17, 15) is 4.79 Å². The number of carbonyl (C=O) groups is 1. The summed E-state index contributed by atoms with van der Waals surface area (Å²) in [5.41, 5.74) is 7.44. The van der Waals surface area contributed by atoms with Gasteiger partial charge in [-0.25, -0.2) is 0 Å². The van der Waals surface area contributed by atoms with Gasteiger partial charge in [0.1, 0.15) is 7.11 Å². The Labute approximate surface area is 106 Å². The minimum Gasteiger partial charge on any atom is -0.399 e. The third-order valence-corrected chi connectivity index (χ3v) is 3.03. The summed E-state index contributed by atoms with van der Waals surface area (Å²) in [5, 5.41) is 3.92. The molecule has 1 aliphatic rings. The average Bonchev–Trinajstić information content (AvgIpc) is 2.74. The molecule has 1 aliphatic heterocycles. The van der Waals surface area contributed by atoms with Gasteiger partial charge in [-0.2, -0.15) is 0 Å². The van der Waals surface area contributed by atoms with Crippen molar-refractivity contribution in [2.45, 2.75) is 19.0 Å². The van der Waals surface area contributed by atoms with Crippen molar-refractivity contribution < 1.29 is 9.63 Å². The third-order valence-electron chi connectivity index (χ3n) is 3.03. The number of rotatable bonds is 4. The second kappa shape index (κ2) is 5.64. The van der Waals surface area contributed by atoms with Crippen LogP contribution in [0.25, 0.3) is 0 Å². The predicted molar refractivity (Wildman–Crippen MR) is 68.9 cm³/mol. The quantitative estimate of drug-likeness (QED) is 0.798. The molecular weight excluding hydrogens is 230 g/mol. The summed E-state index contributed by atoms with van der Waals surface area (Å²) < 4.78 is 0. The molecule has 1 heterocycles. The van der Waals surface area contributed by atoms with Crippen LogP contribution in [0.2, 0.25) is 0 Å². The fraction of sp³-hybridized carbons (Fsp3) is 0.385. The van der Waals surface area contributed by atoms with E-state index in [-0.39, 0.29) is 11.9 Å². The van der Waals surface area contributed by atoms with E-state index in [0.717, 1.165) is 11.3 Å². The monoisotopic (exact) mass is 247 g/mol. The molecule has 0 aliphatic carbocycles.